The molecule has 0 aromatic carbocycles. The van der Waals surface area contributed by atoms with Crippen molar-refractivity contribution in [2.75, 3.05) is 0 Å². The van der Waals surface area contributed by atoms with E-state index in [2.05, 4.69) is 18.2 Å². The molecule has 1 heterocycles. The lowest BCUT2D eigenvalue weighted by atomic mass is 9.57. The summed E-state index contributed by atoms with van der Waals surface area (Å²) in [6.07, 6.45) is 4.89. The summed E-state index contributed by atoms with van der Waals surface area (Å²) < 4.78 is 0. The summed E-state index contributed by atoms with van der Waals surface area (Å²) in [6, 6.07) is 10.2. The van der Waals surface area contributed by atoms with Crippen molar-refractivity contribution in [1.29, 1.82) is 15.8 Å². The summed E-state index contributed by atoms with van der Waals surface area (Å²) in [6.45, 7) is 0. The number of rotatable bonds is 1. The monoisotopic (exact) mass is 306 g/mol. The Labute approximate surface area is 133 Å². The van der Waals surface area contributed by atoms with Crippen molar-refractivity contribution in [3.63, 3.8) is 0 Å². The van der Waals surface area contributed by atoms with E-state index in [1.807, 2.05) is 23.6 Å². The fourth-order valence-electron chi connectivity index (χ4n) is 3.68. The van der Waals surface area contributed by atoms with Gasteiger partial charge in [-0.15, -0.1) is 11.3 Å². The van der Waals surface area contributed by atoms with Crippen LogP contribution in [0, 0.1) is 45.3 Å². The van der Waals surface area contributed by atoms with Crippen molar-refractivity contribution >= 4 is 11.3 Å². The first kappa shape index (κ1) is 14.4. The highest BCUT2D eigenvalue weighted by Gasteiger charge is 2.54. The van der Waals surface area contributed by atoms with E-state index < -0.39 is 5.41 Å². The molecule has 0 spiro atoms. The first-order valence-corrected chi connectivity index (χ1v) is 8.04. The largest absolute Gasteiger partial charge is 0.398 e. The van der Waals surface area contributed by atoms with Gasteiger partial charge in [-0.1, -0.05) is 12.1 Å². The van der Waals surface area contributed by atoms with Crippen molar-refractivity contribution in [2.24, 2.45) is 17.1 Å². The van der Waals surface area contributed by atoms with Crippen LogP contribution in [0.1, 0.15) is 30.1 Å². The van der Waals surface area contributed by atoms with Gasteiger partial charge in [-0.3, -0.25) is 0 Å². The lowest BCUT2D eigenvalue weighted by Crippen LogP contribution is -2.41. The van der Waals surface area contributed by atoms with Gasteiger partial charge in [0.05, 0.1) is 29.5 Å². The first-order chi connectivity index (χ1) is 10.7. The molecule has 2 atom stereocenters. The molecule has 1 aromatic rings. The Bertz CT molecular complexity index is 766. The van der Waals surface area contributed by atoms with E-state index in [1.54, 1.807) is 0 Å². The summed E-state index contributed by atoms with van der Waals surface area (Å²) in [4.78, 5) is 0.973. The number of nitrogens with two attached hydrogens (primary N) is 1. The van der Waals surface area contributed by atoms with Crippen LogP contribution in [-0.2, 0) is 0 Å². The number of nitriles is 3. The van der Waals surface area contributed by atoms with Crippen LogP contribution < -0.4 is 5.73 Å². The van der Waals surface area contributed by atoms with Gasteiger partial charge in [0.2, 0.25) is 0 Å². The Morgan fingerprint density at radius 1 is 1.27 bits per heavy atom. The average Bonchev–Trinajstić information content (AvgIpc) is 3.08. The van der Waals surface area contributed by atoms with E-state index in [0.717, 1.165) is 29.7 Å². The minimum absolute atomic E-state index is 0.0313. The molecule has 22 heavy (non-hydrogen) atoms. The van der Waals surface area contributed by atoms with Gasteiger partial charge in [0.15, 0.2) is 5.41 Å². The Kier molecular flexibility index (Phi) is 3.49. The Morgan fingerprint density at radius 3 is 2.64 bits per heavy atom. The Balaban J connectivity index is 2.34. The lowest BCUT2D eigenvalue weighted by molar-refractivity contribution is 0.326. The fraction of sp³-hybridized carbons (Fsp3) is 0.353. The predicted molar refractivity (Wildman–Crippen MR) is 83.0 cm³/mol. The van der Waals surface area contributed by atoms with Crippen molar-refractivity contribution in [2.45, 2.75) is 25.2 Å². The quantitative estimate of drug-likeness (QED) is 0.860. The van der Waals surface area contributed by atoms with Gasteiger partial charge >= 0.3 is 0 Å². The zero-order valence-electron chi connectivity index (χ0n) is 11.9. The van der Waals surface area contributed by atoms with Gasteiger partial charge in [-0.2, -0.15) is 15.8 Å². The molecule has 0 radical (unpaired) electrons. The fourth-order valence-corrected chi connectivity index (χ4v) is 4.64. The highest BCUT2D eigenvalue weighted by Crippen LogP contribution is 2.56. The minimum Gasteiger partial charge on any atom is -0.398 e. The SMILES string of the molecule is N#CC1=C(N)C2=CCCC[C@H]2[C@@H](c2cccs2)C1(C#N)C#N. The summed E-state index contributed by atoms with van der Waals surface area (Å²) >= 11 is 1.53. The Morgan fingerprint density at radius 2 is 2.05 bits per heavy atom. The maximum absolute atomic E-state index is 9.79. The van der Waals surface area contributed by atoms with Gasteiger partial charge in [-0.25, -0.2) is 0 Å². The molecule has 0 unspecified atom stereocenters. The molecule has 0 saturated heterocycles. The number of allylic oxidation sites excluding steroid dienone is 3. The van der Waals surface area contributed by atoms with E-state index in [1.165, 1.54) is 11.3 Å². The molecule has 5 heteroatoms. The average molecular weight is 306 g/mol. The number of hydrogen-bond acceptors (Lipinski definition) is 5. The summed E-state index contributed by atoms with van der Waals surface area (Å²) in [7, 11) is 0. The van der Waals surface area contributed by atoms with Crippen LogP contribution in [0.15, 0.2) is 40.4 Å². The van der Waals surface area contributed by atoms with E-state index in [-0.39, 0.29) is 17.4 Å². The number of thiophene rings is 1. The van der Waals surface area contributed by atoms with Crippen LogP contribution in [0.3, 0.4) is 0 Å². The lowest BCUT2D eigenvalue weighted by Gasteiger charge is -2.42. The van der Waals surface area contributed by atoms with E-state index in [4.69, 9.17) is 5.73 Å². The van der Waals surface area contributed by atoms with Gasteiger partial charge in [0.1, 0.15) is 0 Å². The highest BCUT2D eigenvalue weighted by molar-refractivity contribution is 7.10. The van der Waals surface area contributed by atoms with Crippen LogP contribution >= 0.6 is 11.3 Å². The number of hydrogen-bond donors (Lipinski definition) is 1. The number of fused-ring (bicyclic) bond motifs is 1. The summed E-state index contributed by atoms with van der Waals surface area (Å²) in [5.41, 5.74) is 6.07. The molecule has 0 amide bonds. The molecule has 3 rings (SSSR count). The van der Waals surface area contributed by atoms with Crippen LogP contribution in [0.2, 0.25) is 0 Å². The molecular formula is C17H14N4S. The number of nitrogens with zero attached hydrogens (tertiary/aromatic N) is 3. The molecule has 0 bridgehead atoms. The zero-order chi connectivity index (χ0) is 15.7. The van der Waals surface area contributed by atoms with Crippen LogP contribution in [-0.4, -0.2) is 0 Å². The highest BCUT2D eigenvalue weighted by atomic mass is 32.1. The van der Waals surface area contributed by atoms with Gasteiger partial charge in [-0.05, 0) is 42.2 Å². The van der Waals surface area contributed by atoms with Crippen molar-refractivity contribution in [3.05, 3.63) is 45.3 Å². The van der Waals surface area contributed by atoms with Crippen LogP contribution in [0.4, 0.5) is 0 Å². The maximum atomic E-state index is 9.79. The first-order valence-electron chi connectivity index (χ1n) is 7.16. The minimum atomic E-state index is -1.50. The molecule has 2 aliphatic carbocycles. The molecule has 108 valence electrons. The van der Waals surface area contributed by atoms with Crippen molar-refractivity contribution in [3.8, 4) is 18.2 Å². The van der Waals surface area contributed by atoms with Crippen LogP contribution in [0.5, 0.6) is 0 Å². The van der Waals surface area contributed by atoms with Gasteiger partial charge in [0, 0.05) is 10.8 Å². The Hall–Kier alpha value is -2.55. The van der Waals surface area contributed by atoms with E-state index >= 15 is 0 Å². The molecular weight excluding hydrogens is 292 g/mol. The predicted octanol–water partition coefficient (Wildman–Crippen LogP) is 3.34. The molecule has 4 nitrogen and oxygen atoms in total. The third-order valence-electron chi connectivity index (χ3n) is 4.64. The molecule has 2 aliphatic rings. The van der Waals surface area contributed by atoms with Gasteiger partial charge in [0.25, 0.3) is 0 Å². The second-order valence-electron chi connectivity index (χ2n) is 5.62. The second kappa shape index (κ2) is 5.34. The molecule has 0 saturated carbocycles. The smallest absolute Gasteiger partial charge is 0.188 e. The molecule has 1 aromatic heterocycles. The second-order valence-corrected chi connectivity index (χ2v) is 6.60. The van der Waals surface area contributed by atoms with E-state index in [9.17, 15) is 15.8 Å². The topological polar surface area (TPSA) is 97.4 Å². The zero-order valence-corrected chi connectivity index (χ0v) is 12.7. The summed E-state index contributed by atoms with van der Waals surface area (Å²) in [5.74, 6) is -0.292. The molecule has 0 fully saturated rings. The van der Waals surface area contributed by atoms with Crippen molar-refractivity contribution in [1.82, 2.24) is 0 Å². The van der Waals surface area contributed by atoms with E-state index in [0.29, 0.717) is 5.70 Å². The third kappa shape index (κ3) is 1.78. The summed E-state index contributed by atoms with van der Waals surface area (Å²) in [5, 5.41) is 31.1. The van der Waals surface area contributed by atoms with Crippen LogP contribution in [0.25, 0.3) is 0 Å². The maximum Gasteiger partial charge on any atom is 0.188 e. The third-order valence-corrected chi connectivity index (χ3v) is 5.60. The normalized spacial score (nSPS) is 26.1. The molecule has 0 aliphatic heterocycles. The standard InChI is InChI=1S/C17H14N4S/c18-8-13-16(21)12-5-2-1-4-11(12)15(14-6-3-7-22-14)17(13,9-19)10-20/h3,5-7,11,15H,1-2,4,21H2/t11-,15+/m1/s1. The molecule has 2 N–H and O–H groups in total. The van der Waals surface area contributed by atoms with Crippen molar-refractivity contribution < 1.29 is 0 Å². The van der Waals surface area contributed by atoms with Gasteiger partial charge < -0.3 is 5.73 Å².